The van der Waals surface area contributed by atoms with Crippen LogP contribution in [0.2, 0.25) is 0 Å². The number of thioether (sulfide) groups is 1. The molecule has 5 aromatic carbocycles. The number of hydrogen-bond donors (Lipinski definition) is 3. The number of ether oxygens (including phenoxy) is 3. The molecule has 5 rings (SSSR count). The second-order valence-electron chi connectivity index (χ2n) is 10.7. The minimum absolute atomic E-state index is 0.0267. The van der Waals surface area contributed by atoms with Crippen LogP contribution in [-0.2, 0) is 9.59 Å². The van der Waals surface area contributed by atoms with Gasteiger partial charge in [-0.2, -0.15) is 0 Å². The van der Waals surface area contributed by atoms with Gasteiger partial charge in [0.1, 0.15) is 10.9 Å². The molecule has 0 aliphatic heterocycles. The first-order valence-electron chi connectivity index (χ1n) is 15.4. The van der Waals surface area contributed by atoms with Crippen molar-refractivity contribution in [1.29, 1.82) is 0 Å². The number of carbonyl (C=O) groups is 3. The molecule has 5 aromatic rings. The van der Waals surface area contributed by atoms with Gasteiger partial charge in [0.15, 0.2) is 11.5 Å². The first-order valence-corrected chi connectivity index (χ1v) is 17.0. The predicted molar refractivity (Wildman–Crippen MR) is 201 cm³/mol. The molecule has 0 spiro atoms. The Kier molecular flexibility index (Phi) is 12.3. The fraction of sp³-hybridized carbons (Fsp3) is 0.103. The van der Waals surface area contributed by atoms with E-state index in [0.717, 1.165) is 14.9 Å². The lowest BCUT2D eigenvalue weighted by Crippen LogP contribution is -2.30. The highest BCUT2D eigenvalue weighted by atomic mass is 79.9. The summed E-state index contributed by atoms with van der Waals surface area (Å²) < 4.78 is 17.2. The van der Waals surface area contributed by atoms with E-state index in [2.05, 4.69) is 31.9 Å². The molecule has 254 valence electrons. The molecule has 1 atom stereocenters. The van der Waals surface area contributed by atoms with Gasteiger partial charge >= 0.3 is 0 Å². The van der Waals surface area contributed by atoms with Gasteiger partial charge in [-0.3, -0.25) is 14.4 Å². The summed E-state index contributed by atoms with van der Waals surface area (Å²) in [6.45, 7) is 0. The summed E-state index contributed by atoms with van der Waals surface area (Å²) in [5, 5.41) is 8.07. The highest BCUT2D eigenvalue weighted by molar-refractivity contribution is 9.10. The van der Waals surface area contributed by atoms with Crippen LogP contribution in [0.15, 0.2) is 136 Å². The highest BCUT2D eigenvalue weighted by Crippen LogP contribution is 2.39. The smallest absolute Gasteiger partial charge is 0.272 e. The van der Waals surface area contributed by atoms with Gasteiger partial charge in [0.05, 0.1) is 27.0 Å². The monoisotopic (exact) mass is 751 g/mol. The van der Waals surface area contributed by atoms with Crippen molar-refractivity contribution in [3.05, 3.63) is 148 Å². The molecule has 9 nitrogen and oxygen atoms in total. The molecule has 0 saturated heterocycles. The Bertz CT molecular complexity index is 1980. The molecular weight excluding hydrogens is 718 g/mol. The molecule has 0 aliphatic carbocycles. The van der Waals surface area contributed by atoms with E-state index in [0.29, 0.717) is 39.8 Å². The number of nitrogens with one attached hydrogen (secondary N) is 3. The third-order valence-electron chi connectivity index (χ3n) is 7.34. The zero-order valence-electron chi connectivity index (χ0n) is 27.4. The Hall–Kier alpha value is -5.52. The summed E-state index contributed by atoms with van der Waals surface area (Å²) >= 11 is 4.84. The maximum Gasteiger partial charge on any atom is 0.272 e. The van der Waals surface area contributed by atoms with Crippen LogP contribution < -0.4 is 30.2 Å². The van der Waals surface area contributed by atoms with Gasteiger partial charge < -0.3 is 30.2 Å². The normalized spacial score (nSPS) is 11.6. The summed E-state index contributed by atoms with van der Waals surface area (Å²) in [5.74, 6) is -0.0920. The molecule has 0 fully saturated rings. The third kappa shape index (κ3) is 9.13. The lowest BCUT2D eigenvalue weighted by molar-refractivity contribution is -0.116. The van der Waals surface area contributed by atoms with E-state index >= 15 is 0 Å². The Morgan fingerprint density at radius 3 is 2.00 bits per heavy atom. The van der Waals surface area contributed by atoms with Gasteiger partial charge in [-0.1, -0.05) is 66.7 Å². The van der Waals surface area contributed by atoms with Crippen molar-refractivity contribution in [2.75, 3.05) is 32.0 Å². The number of carbonyl (C=O) groups excluding carboxylic acids is 3. The average molecular weight is 753 g/mol. The molecule has 3 N–H and O–H groups in total. The first kappa shape index (κ1) is 35.8. The molecule has 0 saturated carbocycles. The number of benzene rings is 5. The molecule has 0 bridgehead atoms. The van der Waals surface area contributed by atoms with Crippen molar-refractivity contribution in [1.82, 2.24) is 5.32 Å². The quantitative estimate of drug-likeness (QED) is 0.0819. The molecule has 11 heteroatoms. The molecule has 0 aliphatic rings. The maximum absolute atomic E-state index is 13.9. The summed E-state index contributed by atoms with van der Waals surface area (Å²) in [7, 11) is 4.48. The van der Waals surface area contributed by atoms with Crippen molar-refractivity contribution < 1.29 is 28.6 Å². The summed E-state index contributed by atoms with van der Waals surface area (Å²) in [5.41, 5.74) is 2.80. The zero-order valence-corrected chi connectivity index (χ0v) is 29.8. The van der Waals surface area contributed by atoms with Gasteiger partial charge in [-0.25, -0.2) is 0 Å². The standard InChI is InChI=1S/C39H34BrN3O6S/c1-47-33-22-25(23-34(48-2)35(33)49-3)21-32(43-37(44)27-15-8-5-9-16-27)38(45)41-28-17-12-18-29(24-28)50-36(26-13-6-4-7-14-26)39(46)42-31-20-11-10-19-30(31)40/h4-24,36H,1-3H3,(H,41,45)(H,42,46)(H,43,44)/b32-21+. The summed E-state index contributed by atoms with van der Waals surface area (Å²) in [6.07, 6.45) is 1.52. The number of amides is 3. The Morgan fingerprint density at radius 2 is 1.36 bits per heavy atom. The van der Waals surface area contributed by atoms with Gasteiger partial charge in [0.25, 0.3) is 11.8 Å². The van der Waals surface area contributed by atoms with Gasteiger partial charge in [0, 0.05) is 20.6 Å². The topological polar surface area (TPSA) is 115 Å². The number of methoxy groups -OCH3 is 3. The maximum atomic E-state index is 13.9. The van der Waals surface area contributed by atoms with Crippen LogP contribution in [0, 0.1) is 0 Å². The average Bonchev–Trinajstić information content (AvgIpc) is 3.14. The first-order chi connectivity index (χ1) is 24.3. The fourth-order valence-electron chi connectivity index (χ4n) is 4.94. The van der Waals surface area contributed by atoms with Crippen molar-refractivity contribution in [2.24, 2.45) is 0 Å². The molecule has 0 aromatic heterocycles. The number of rotatable bonds is 13. The second-order valence-corrected chi connectivity index (χ2v) is 12.7. The van der Waals surface area contributed by atoms with Crippen molar-refractivity contribution in [2.45, 2.75) is 10.1 Å². The van der Waals surface area contributed by atoms with Gasteiger partial charge in [0.2, 0.25) is 11.7 Å². The molecule has 0 radical (unpaired) electrons. The highest BCUT2D eigenvalue weighted by Gasteiger charge is 2.24. The van der Waals surface area contributed by atoms with Crippen molar-refractivity contribution in [3.63, 3.8) is 0 Å². The Morgan fingerprint density at radius 1 is 0.720 bits per heavy atom. The third-order valence-corrected chi connectivity index (χ3v) is 9.28. The molecule has 50 heavy (non-hydrogen) atoms. The van der Waals surface area contributed by atoms with Crippen LogP contribution in [0.4, 0.5) is 11.4 Å². The molecular formula is C39H34BrN3O6S. The lowest BCUT2D eigenvalue weighted by atomic mass is 10.1. The number of hydrogen-bond acceptors (Lipinski definition) is 7. The van der Waals surface area contributed by atoms with E-state index in [1.54, 1.807) is 60.7 Å². The largest absolute Gasteiger partial charge is 0.493 e. The fourth-order valence-corrected chi connectivity index (χ4v) is 6.40. The molecule has 3 amide bonds. The summed E-state index contributed by atoms with van der Waals surface area (Å²) in [4.78, 5) is 41.5. The van der Waals surface area contributed by atoms with Gasteiger partial charge in [-0.15, -0.1) is 11.8 Å². The van der Waals surface area contributed by atoms with Crippen LogP contribution in [0.5, 0.6) is 17.2 Å². The van der Waals surface area contributed by atoms with E-state index < -0.39 is 17.1 Å². The van der Waals surface area contributed by atoms with Crippen LogP contribution in [-0.4, -0.2) is 39.1 Å². The van der Waals surface area contributed by atoms with E-state index in [1.165, 1.54) is 39.2 Å². The SMILES string of the molecule is COc1cc(/C=C(/NC(=O)c2ccccc2)C(=O)Nc2cccc(SC(C(=O)Nc3ccccc3Br)c3ccccc3)c2)cc(OC)c1OC. The van der Waals surface area contributed by atoms with Gasteiger partial charge in [-0.05, 0) is 87.7 Å². The zero-order chi connectivity index (χ0) is 35.5. The molecule has 1 unspecified atom stereocenters. The summed E-state index contributed by atoms with van der Waals surface area (Å²) in [6, 6.07) is 36.0. The minimum Gasteiger partial charge on any atom is -0.493 e. The van der Waals surface area contributed by atoms with Crippen LogP contribution in [0.1, 0.15) is 26.7 Å². The predicted octanol–water partition coefficient (Wildman–Crippen LogP) is 8.36. The van der Waals surface area contributed by atoms with Crippen LogP contribution >= 0.6 is 27.7 Å². The second kappa shape index (κ2) is 17.2. The minimum atomic E-state index is -0.602. The molecule has 0 heterocycles. The number of anilines is 2. The van der Waals surface area contributed by atoms with Crippen molar-refractivity contribution in [3.8, 4) is 17.2 Å². The Labute approximate surface area is 303 Å². The van der Waals surface area contributed by atoms with Crippen LogP contribution in [0.3, 0.4) is 0 Å². The van der Waals surface area contributed by atoms with E-state index in [-0.39, 0.29) is 11.6 Å². The van der Waals surface area contributed by atoms with E-state index in [1.807, 2.05) is 60.7 Å². The Balaban J connectivity index is 1.43. The van der Waals surface area contributed by atoms with Crippen molar-refractivity contribution >= 4 is 62.9 Å². The number of halogens is 1. The number of para-hydroxylation sites is 1. The van der Waals surface area contributed by atoms with Crippen LogP contribution in [0.25, 0.3) is 6.08 Å². The lowest BCUT2D eigenvalue weighted by Gasteiger charge is -2.18. The van der Waals surface area contributed by atoms with E-state index in [9.17, 15) is 14.4 Å². The van der Waals surface area contributed by atoms with E-state index in [4.69, 9.17) is 14.2 Å².